The molecule has 1 amide bonds. The fourth-order valence-corrected chi connectivity index (χ4v) is 3.52. The van der Waals surface area contributed by atoms with Crippen molar-refractivity contribution in [2.45, 2.75) is 45.8 Å². The van der Waals surface area contributed by atoms with Gasteiger partial charge in [0.05, 0.1) is 19.3 Å². The highest BCUT2D eigenvalue weighted by atomic mass is 16.5. The summed E-state index contributed by atoms with van der Waals surface area (Å²) in [7, 11) is 1.54. The topological polar surface area (TPSA) is 104 Å². The van der Waals surface area contributed by atoms with Gasteiger partial charge in [0.25, 0.3) is 11.5 Å². The van der Waals surface area contributed by atoms with E-state index in [0.717, 1.165) is 16.8 Å². The molecule has 0 aromatic carbocycles. The number of hydrogen-bond donors (Lipinski definition) is 3. The van der Waals surface area contributed by atoms with Crippen LogP contribution in [-0.4, -0.2) is 34.2 Å². The molecular formula is C20H25N3O4. The van der Waals surface area contributed by atoms with Crippen molar-refractivity contribution < 1.29 is 14.6 Å². The molecule has 0 aliphatic heterocycles. The van der Waals surface area contributed by atoms with Crippen LogP contribution in [0.5, 0.6) is 5.88 Å². The van der Waals surface area contributed by atoms with E-state index < -0.39 is 11.5 Å². The van der Waals surface area contributed by atoms with Crippen LogP contribution in [0.25, 0.3) is 0 Å². The maximum atomic E-state index is 12.9. The van der Waals surface area contributed by atoms with Crippen LogP contribution in [0.3, 0.4) is 0 Å². The molecule has 0 radical (unpaired) electrons. The predicted molar refractivity (Wildman–Crippen MR) is 101 cm³/mol. The molecule has 1 saturated carbocycles. The average Bonchev–Trinajstić information content (AvgIpc) is 2.62. The van der Waals surface area contributed by atoms with Crippen molar-refractivity contribution in [3.05, 3.63) is 56.6 Å². The maximum Gasteiger partial charge on any atom is 0.261 e. The van der Waals surface area contributed by atoms with Crippen LogP contribution in [0.2, 0.25) is 0 Å². The first-order valence-corrected chi connectivity index (χ1v) is 9.00. The Kier molecular flexibility index (Phi) is 5.32. The summed E-state index contributed by atoms with van der Waals surface area (Å²) in [6.45, 7) is 5.47. The molecule has 1 fully saturated rings. The molecule has 0 bridgehead atoms. The summed E-state index contributed by atoms with van der Waals surface area (Å²) >= 11 is 0. The molecule has 144 valence electrons. The van der Waals surface area contributed by atoms with Gasteiger partial charge < -0.3 is 20.1 Å². The Bertz CT molecular complexity index is 899. The Morgan fingerprint density at radius 2 is 2.00 bits per heavy atom. The first-order valence-electron chi connectivity index (χ1n) is 9.00. The quantitative estimate of drug-likeness (QED) is 0.745. The molecular weight excluding hydrogens is 346 g/mol. The van der Waals surface area contributed by atoms with Crippen molar-refractivity contribution in [2.24, 2.45) is 5.92 Å². The molecule has 2 aromatic rings. The predicted octanol–water partition coefficient (Wildman–Crippen LogP) is 1.95. The summed E-state index contributed by atoms with van der Waals surface area (Å²) in [6, 6.07) is 3.25. The molecule has 3 rings (SSSR count). The second-order valence-corrected chi connectivity index (χ2v) is 7.17. The number of aryl methyl sites for hydroxylation is 1. The third-order valence-corrected chi connectivity index (χ3v) is 5.49. The zero-order valence-corrected chi connectivity index (χ0v) is 16.0. The van der Waals surface area contributed by atoms with E-state index in [0.29, 0.717) is 24.3 Å². The van der Waals surface area contributed by atoms with Gasteiger partial charge in [-0.3, -0.25) is 9.59 Å². The number of methoxy groups -OCH3 is 1. The molecule has 1 aliphatic carbocycles. The minimum Gasteiger partial charge on any atom is -0.481 e. The number of carbonyl (C=O) groups is 1. The number of rotatable bonds is 5. The molecule has 3 N–H and O–H groups in total. The summed E-state index contributed by atoms with van der Waals surface area (Å²) in [5.74, 6) is 0.156. The van der Waals surface area contributed by atoms with E-state index in [1.165, 1.54) is 0 Å². The van der Waals surface area contributed by atoms with Gasteiger partial charge in [-0.15, -0.1) is 0 Å². The minimum absolute atomic E-state index is 0.0880. The normalized spacial score (nSPS) is 19.9. The Labute approximate surface area is 157 Å². The van der Waals surface area contributed by atoms with E-state index >= 15 is 0 Å². The second-order valence-electron chi connectivity index (χ2n) is 7.17. The van der Waals surface area contributed by atoms with Gasteiger partial charge in [0.1, 0.15) is 5.56 Å². The van der Waals surface area contributed by atoms with Crippen LogP contribution in [0.1, 0.15) is 51.6 Å². The Morgan fingerprint density at radius 3 is 2.56 bits per heavy atom. The van der Waals surface area contributed by atoms with Gasteiger partial charge in [-0.25, -0.2) is 4.98 Å². The van der Waals surface area contributed by atoms with E-state index in [4.69, 9.17) is 4.74 Å². The molecule has 7 nitrogen and oxygen atoms in total. The molecule has 1 atom stereocenters. The number of aliphatic hydroxyl groups is 1. The molecule has 27 heavy (non-hydrogen) atoms. The molecule has 0 spiro atoms. The third kappa shape index (κ3) is 3.73. The number of nitrogens with one attached hydrogen (secondary N) is 2. The number of carbonyl (C=O) groups excluding carboxylic acids is 1. The number of pyridine rings is 2. The highest BCUT2D eigenvalue weighted by Crippen LogP contribution is 2.38. The van der Waals surface area contributed by atoms with Gasteiger partial charge in [0, 0.05) is 18.0 Å². The first-order chi connectivity index (χ1) is 12.8. The Morgan fingerprint density at radius 1 is 1.30 bits per heavy atom. The van der Waals surface area contributed by atoms with Gasteiger partial charge >= 0.3 is 0 Å². The van der Waals surface area contributed by atoms with Crippen LogP contribution >= 0.6 is 0 Å². The number of ether oxygens (including phenoxy) is 1. The van der Waals surface area contributed by atoms with Crippen LogP contribution in [0, 0.1) is 26.7 Å². The molecule has 0 saturated heterocycles. The monoisotopic (exact) mass is 371 g/mol. The van der Waals surface area contributed by atoms with Crippen LogP contribution < -0.4 is 15.6 Å². The van der Waals surface area contributed by atoms with Crippen molar-refractivity contribution in [1.82, 2.24) is 15.3 Å². The van der Waals surface area contributed by atoms with Crippen LogP contribution in [0.15, 0.2) is 23.1 Å². The van der Waals surface area contributed by atoms with Gasteiger partial charge in [0.2, 0.25) is 5.88 Å². The van der Waals surface area contributed by atoms with Crippen molar-refractivity contribution in [2.75, 3.05) is 7.11 Å². The van der Waals surface area contributed by atoms with Crippen LogP contribution in [-0.2, 0) is 0 Å². The lowest BCUT2D eigenvalue weighted by Gasteiger charge is -2.38. The number of aromatic nitrogens is 2. The summed E-state index contributed by atoms with van der Waals surface area (Å²) in [5, 5.41) is 12.7. The SMILES string of the molecule is COc1ccc([C@@H](NC(=O)c2c(C)c(C)c(C)[nH]c2=O)C2CC(O)C2)cn1. The van der Waals surface area contributed by atoms with Gasteiger partial charge in [-0.2, -0.15) is 0 Å². The third-order valence-electron chi connectivity index (χ3n) is 5.49. The number of hydrogen-bond acceptors (Lipinski definition) is 5. The van der Waals surface area contributed by atoms with Crippen molar-refractivity contribution in [1.29, 1.82) is 0 Å². The summed E-state index contributed by atoms with van der Waals surface area (Å²) in [6.07, 6.45) is 2.50. The van der Waals surface area contributed by atoms with Crippen molar-refractivity contribution in [3.63, 3.8) is 0 Å². The van der Waals surface area contributed by atoms with E-state index in [1.54, 1.807) is 26.3 Å². The van der Waals surface area contributed by atoms with E-state index in [2.05, 4.69) is 15.3 Å². The van der Waals surface area contributed by atoms with Gasteiger partial charge in [0.15, 0.2) is 0 Å². The number of aliphatic hydroxyl groups excluding tert-OH is 1. The van der Waals surface area contributed by atoms with E-state index in [-0.39, 0.29) is 23.6 Å². The molecule has 2 aromatic heterocycles. The van der Waals surface area contributed by atoms with Crippen LogP contribution in [0.4, 0.5) is 0 Å². The number of amides is 1. The summed E-state index contributed by atoms with van der Waals surface area (Å²) < 4.78 is 5.09. The lowest BCUT2D eigenvalue weighted by Crippen LogP contribution is -2.43. The number of H-pyrrole nitrogens is 1. The molecule has 1 aliphatic rings. The van der Waals surface area contributed by atoms with Crippen molar-refractivity contribution >= 4 is 5.91 Å². The van der Waals surface area contributed by atoms with Gasteiger partial charge in [-0.05, 0) is 56.2 Å². The van der Waals surface area contributed by atoms with Crippen molar-refractivity contribution in [3.8, 4) is 5.88 Å². The van der Waals surface area contributed by atoms with Gasteiger partial charge in [-0.1, -0.05) is 6.07 Å². The van der Waals surface area contributed by atoms with E-state index in [1.807, 2.05) is 19.9 Å². The second kappa shape index (κ2) is 7.52. The maximum absolute atomic E-state index is 12.9. The zero-order chi connectivity index (χ0) is 19.7. The smallest absolute Gasteiger partial charge is 0.261 e. The highest BCUT2D eigenvalue weighted by Gasteiger charge is 2.36. The minimum atomic E-state index is -0.418. The lowest BCUT2D eigenvalue weighted by molar-refractivity contribution is 0.0234. The molecule has 7 heteroatoms. The first kappa shape index (κ1) is 19.1. The fourth-order valence-electron chi connectivity index (χ4n) is 3.52. The average molecular weight is 371 g/mol. The zero-order valence-electron chi connectivity index (χ0n) is 16.0. The Balaban J connectivity index is 1.91. The fraction of sp³-hybridized carbons (Fsp3) is 0.450. The standard InChI is InChI=1S/C20H25N3O4/c1-10-11(2)17(19(25)22-12(10)3)20(26)23-18(14-7-15(24)8-14)13-5-6-16(27-4)21-9-13/h5-6,9,14-15,18,24H,7-8H2,1-4H3,(H,22,25)(H,23,26)/t14?,15?,18-/m1/s1. The molecule has 0 unspecified atom stereocenters. The molecule has 2 heterocycles. The highest BCUT2D eigenvalue weighted by molar-refractivity contribution is 5.95. The van der Waals surface area contributed by atoms with E-state index in [9.17, 15) is 14.7 Å². The largest absolute Gasteiger partial charge is 0.481 e. The Hall–Kier alpha value is -2.67. The summed E-state index contributed by atoms with van der Waals surface area (Å²) in [4.78, 5) is 32.3. The number of nitrogens with zero attached hydrogens (tertiary/aromatic N) is 1. The summed E-state index contributed by atoms with van der Waals surface area (Å²) in [5.41, 5.74) is 2.87. The lowest BCUT2D eigenvalue weighted by atomic mass is 9.75. The number of aromatic amines is 1.